The van der Waals surface area contributed by atoms with E-state index in [0.717, 1.165) is 27.0 Å². The average Bonchev–Trinajstić information content (AvgIpc) is 3.23. The van der Waals surface area contributed by atoms with Crippen LogP contribution in [0.5, 0.6) is 0 Å². The second kappa shape index (κ2) is 5.23. The van der Waals surface area contributed by atoms with Crippen LogP contribution in [0.2, 0.25) is 0 Å². The molecule has 4 nitrogen and oxygen atoms in total. The van der Waals surface area contributed by atoms with E-state index in [1.165, 1.54) is 11.3 Å². The van der Waals surface area contributed by atoms with E-state index in [2.05, 4.69) is 20.9 Å². The fraction of sp³-hybridized carbons (Fsp3) is 0. The van der Waals surface area contributed by atoms with Crippen molar-refractivity contribution in [1.82, 2.24) is 9.38 Å². The molecule has 0 aliphatic rings. The normalized spacial score (nSPS) is 11.1. The van der Waals surface area contributed by atoms with Crippen molar-refractivity contribution in [2.24, 2.45) is 0 Å². The Balaban J connectivity index is 1.98. The summed E-state index contributed by atoms with van der Waals surface area (Å²) in [7, 11) is 0. The summed E-state index contributed by atoms with van der Waals surface area (Å²) in [5.41, 5.74) is 2.96. The van der Waals surface area contributed by atoms with E-state index in [1.807, 2.05) is 46.2 Å². The van der Waals surface area contributed by atoms with E-state index >= 15 is 0 Å². The Labute approximate surface area is 138 Å². The van der Waals surface area contributed by atoms with Crippen LogP contribution in [-0.2, 0) is 0 Å². The Bertz CT molecular complexity index is 952. The van der Waals surface area contributed by atoms with E-state index in [4.69, 9.17) is 4.42 Å². The van der Waals surface area contributed by atoms with Crippen LogP contribution in [0.25, 0.3) is 27.7 Å². The standard InChI is InChI=1S/C16H9BrN2O2S/c17-11-5-3-10(4-6-11)15-12(8-20)19-13(9-22-16(19)18-15)14-2-1-7-21-14/h1-9H. The number of benzene rings is 1. The van der Waals surface area contributed by atoms with E-state index in [9.17, 15) is 4.79 Å². The van der Waals surface area contributed by atoms with Crippen LogP contribution >= 0.6 is 27.3 Å². The van der Waals surface area contributed by atoms with Gasteiger partial charge < -0.3 is 4.42 Å². The number of fused-ring (bicyclic) bond motifs is 1. The first kappa shape index (κ1) is 13.5. The zero-order valence-corrected chi connectivity index (χ0v) is 13.6. The number of aromatic nitrogens is 2. The van der Waals surface area contributed by atoms with Gasteiger partial charge in [0.25, 0.3) is 0 Å². The molecular formula is C16H9BrN2O2S. The number of aldehydes is 1. The van der Waals surface area contributed by atoms with Crippen molar-refractivity contribution >= 4 is 38.5 Å². The number of thiazole rings is 1. The molecule has 0 saturated carbocycles. The van der Waals surface area contributed by atoms with Gasteiger partial charge in [0.15, 0.2) is 17.0 Å². The number of hydrogen-bond acceptors (Lipinski definition) is 4. The Morgan fingerprint density at radius 3 is 2.73 bits per heavy atom. The molecule has 108 valence electrons. The molecule has 0 amide bonds. The van der Waals surface area contributed by atoms with Crippen molar-refractivity contribution in [2.75, 3.05) is 0 Å². The lowest BCUT2D eigenvalue weighted by atomic mass is 10.1. The first-order valence-corrected chi connectivity index (χ1v) is 8.20. The molecule has 0 fully saturated rings. The topological polar surface area (TPSA) is 47.5 Å². The molecule has 0 radical (unpaired) electrons. The van der Waals surface area contributed by atoms with Crippen molar-refractivity contribution in [3.05, 3.63) is 58.2 Å². The molecule has 0 bridgehead atoms. The van der Waals surface area contributed by atoms with Crippen LogP contribution in [0.3, 0.4) is 0 Å². The molecule has 0 spiro atoms. The minimum absolute atomic E-state index is 0.532. The van der Waals surface area contributed by atoms with Gasteiger partial charge in [0, 0.05) is 15.4 Å². The van der Waals surface area contributed by atoms with Crippen LogP contribution in [0, 0.1) is 0 Å². The zero-order chi connectivity index (χ0) is 15.1. The predicted octanol–water partition coefficient (Wildman–Crippen LogP) is 4.90. The molecule has 4 aromatic rings. The zero-order valence-electron chi connectivity index (χ0n) is 11.2. The monoisotopic (exact) mass is 372 g/mol. The third-order valence-corrected chi connectivity index (χ3v) is 4.76. The number of nitrogens with zero attached hydrogens (tertiary/aromatic N) is 2. The summed E-state index contributed by atoms with van der Waals surface area (Å²) in [4.78, 5) is 17.0. The lowest BCUT2D eigenvalue weighted by molar-refractivity contribution is 0.111. The van der Waals surface area contributed by atoms with Gasteiger partial charge in [-0.05, 0) is 24.3 Å². The van der Waals surface area contributed by atoms with E-state index in [-0.39, 0.29) is 0 Å². The minimum atomic E-state index is 0.532. The highest BCUT2D eigenvalue weighted by molar-refractivity contribution is 9.10. The van der Waals surface area contributed by atoms with Crippen LogP contribution in [0.15, 0.2) is 56.9 Å². The third-order valence-electron chi connectivity index (χ3n) is 3.40. The second-order valence-corrected chi connectivity index (χ2v) is 6.44. The number of hydrogen-bond donors (Lipinski definition) is 0. The summed E-state index contributed by atoms with van der Waals surface area (Å²) in [6, 6.07) is 11.4. The van der Waals surface area contributed by atoms with Crippen molar-refractivity contribution in [3.63, 3.8) is 0 Å². The molecule has 3 heterocycles. The summed E-state index contributed by atoms with van der Waals surface area (Å²) in [5, 5.41) is 1.94. The molecule has 4 rings (SSSR count). The Morgan fingerprint density at radius 2 is 2.05 bits per heavy atom. The fourth-order valence-corrected chi connectivity index (χ4v) is 3.56. The first-order valence-electron chi connectivity index (χ1n) is 6.53. The molecular weight excluding hydrogens is 364 g/mol. The van der Waals surface area contributed by atoms with Crippen molar-refractivity contribution < 1.29 is 9.21 Å². The molecule has 0 aliphatic carbocycles. The van der Waals surface area contributed by atoms with Crippen molar-refractivity contribution in [2.45, 2.75) is 0 Å². The first-order chi connectivity index (χ1) is 10.8. The largest absolute Gasteiger partial charge is 0.463 e. The SMILES string of the molecule is O=Cc1c(-c2ccc(Br)cc2)nc2scc(-c3ccco3)n12. The fourth-order valence-electron chi connectivity index (χ4n) is 2.41. The second-order valence-electron chi connectivity index (χ2n) is 4.69. The van der Waals surface area contributed by atoms with Crippen LogP contribution in [0.1, 0.15) is 10.5 Å². The van der Waals surface area contributed by atoms with Crippen LogP contribution < -0.4 is 0 Å². The van der Waals surface area contributed by atoms with Crippen molar-refractivity contribution in [3.8, 4) is 22.7 Å². The molecule has 1 aromatic carbocycles. The van der Waals surface area contributed by atoms with E-state index in [0.29, 0.717) is 17.1 Å². The quantitative estimate of drug-likeness (QED) is 0.480. The molecule has 0 saturated heterocycles. The highest BCUT2D eigenvalue weighted by Gasteiger charge is 2.19. The van der Waals surface area contributed by atoms with Crippen LogP contribution in [-0.4, -0.2) is 15.7 Å². The van der Waals surface area contributed by atoms with Gasteiger partial charge in [-0.1, -0.05) is 28.1 Å². The number of halogens is 1. The van der Waals surface area contributed by atoms with Gasteiger partial charge in [-0.2, -0.15) is 0 Å². The summed E-state index contributed by atoms with van der Waals surface area (Å²) < 4.78 is 8.28. The van der Waals surface area contributed by atoms with Gasteiger partial charge in [-0.15, -0.1) is 11.3 Å². The summed E-state index contributed by atoms with van der Waals surface area (Å²) in [6.07, 6.45) is 2.46. The molecule has 0 N–H and O–H groups in total. The van der Waals surface area contributed by atoms with Gasteiger partial charge in [0.1, 0.15) is 17.1 Å². The Morgan fingerprint density at radius 1 is 1.23 bits per heavy atom. The molecule has 0 unspecified atom stereocenters. The maximum atomic E-state index is 11.7. The molecule has 22 heavy (non-hydrogen) atoms. The lowest BCUT2D eigenvalue weighted by Crippen LogP contribution is -1.93. The third kappa shape index (κ3) is 2.03. The number of rotatable bonds is 3. The van der Waals surface area contributed by atoms with Gasteiger partial charge in [0.05, 0.1) is 6.26 Å². The smallest absolute Gasteiger partial charge is 0.195 e. The molecule has 6 heteroatoms. The maximum Gasteiger partial charge on any atom is 0.195 e. The summed E-state index contributed by atoms with van der Waals surface area (Å²) in [6.45, 7) is 0. The molecule has 0 aliphatic heterocycles. The Hall–Kier alpha value is -2.18. The highest BCUT2D eigenvalue weighted by atomic mass is 79.9. The minimum Gasteiger partial charge on any atom is -0.463 e. The van der Waals surface area contributed by atoms with Crippen LogP contribution in [0.4, 0.5) is 0 Å². The Kier molecular flexibility index (Phi) is 3.20. The highest BCUT2D eigenvalue weighted by Crippen LogP contribution is 2.32. The van der Waals surface area contributed by atoms with Gasteiger partial charge in [0.2, 0.25) is 0 Å². The van der Waals surface area contributed by atoms with Gasteiger partial charge in [-0.3, -0.25) is 9.20 Å². The number of furan rings is 1. The van der Waals surface area contributed by atoms with Crippen molar-refractivity contribution in [1.29, 1.82) is 0 Å². The molecule has 3 aromatic heterocycles. The number of carbonyl (C=O) groups excluding carboxylic acids is 1. The molecule has 0 atom stereocenters. The summed E-state index contributed by atoms with van der Waals surface area (Å²) in [5.74, 6) is 0.717. The van der Waals surface area contributed by atoms with E-state index < -0.39 is 0 Å². The van der Waals surface area contributed by atoms with E-state index in [1.54, 1.807) is 6.26 Å². The summed E-state index contributed by atoms with van der Waals surface area (Å²) >= 11 is 4.90. The number of carbonyl (C=O) groups is 1. The maximum absolute atomic E-state index is 11.7. The van der Waals surface area contributed by atoms with Gasteiger partial charge in [-0.25, -0.2) is 4.98 Å². The lowest BCUT2D eigenvalue weighted by Gasteiger charge is -2.00. The van der Waals surface area contributed by atoms with Gasteiger partial charge >= 0.3 is 0 Å². The number of imidazole rings is 1. The average molecular weight is 373 g/mol. The predicted molar refractivity (Wildman–Crippen MR) is 89.3 cm³/mol.